The highest BCUT2D eigenvalue weighted by molar-refractivity contribution is 7.89. The number of rotatable bonds is 7. The van der Waals surface area contributed by atoms with E-state index in [0.29, 0.717) is 19.4 Å². The van der Waals surface area contributed by atoms with E-state index in [-0.39, 0.29) is 29.1 Å². The number of carbonyl (C=O) groups is 1. The minimum absolute atomic E-state index is 0.0581. The van der Waals surface area contributed by atoms with Crippen LogP contribution in [0.4, 0.5) is 4.39 Å². The van der Waals surface area contributed by atoms with E-state index < -0.39 is 21.8 Å². The van der Waals surface area contributed by atoms with Crippen LogP contribution in [-0.4, -0.2) is 44.9 Å². The summed E-state index contributed by atoms with van der Waals surface area (Å²) in [5.74, 6) is -1.09. The van der Waals surface area contributed by atoms with Gasteiger partial charge in [-0.3, -0.25) is 4.79 Å². The average molecular weight is 386 g/mol. The molecule has 6 nitrogen and oxygen atoms in total. The summed E-state index contributed by atoms with van der Waals surface area (Å²) < 4.78 is 45.9. The Kier molecular flexibility index (Phi) is 7.00. The van der Waals surface area contributed by atoms with Crippen LogP contribution >= 0.6 is 0 Å². The van der Waals surface area contributed by atoms with E-state index >= 15 is 0 Å². The van der Waals surface area contributed by atoms with Crippen molar-refractivity contribution in [3.63, 3.8) is 0 Å². The van der Waals surface area contributed by atoms with Gasteiger partial charge in [-0.25, -0.2) is 12.8 Å². The van der Waals surface area contributed by atoms with Gasteiger partial charge in [0.15, 0.2) is 0 Å². The molecule has 146 valence electrons. The van der Waals surface area contributed by atoms with Crippen molar-refractivity contribution >= 4 is 15.9 Å². The number of halogens is 1. The average Bonchev–Trinajstić information content (AvgIpc) is 2.62. The van der Waals surface area contributed by atoms with Crippen molar-refractivity contribution in [3.8, 4) is 5.75 Å². The molecule has 1 heterocycles. The van der Waals surface area contributed by atoms with E-state index in [0.717, 1.165) is 25.0 Å². The third-order valence-electron chi connectivity index (χ3n) is 4.61. The van der Waals surface area contributed by atoms with Crippen LogP contribution in [0.5, 0.6) is 5.75 Å². The Balaban J connectivity index is 2.18. The molecule has 0 spiro atoms. The summed E-state index contributed by atoms with van der Waals surface area (Å²) in [6.07, 6.45) is 3.06. The number of hydrogen-bond donors (Lipinski definition) is 1. The largest absolute Gasteiger partial charge is 0.495 e. The van der Waals surface area contributed by atoms with Crippen LogP contribution in [0.3, 0.4) is 0 Å². The molecule has 1 saturated heterocycles. The molecule has 8 heteroatoms. The van der Waals surface area contributed by atoms with Crippen molar-refractivity contribution in [2.45, 2.75) is 50.5 Å². The molecule has 1 fully saturated rings. The van der Waals surface area contributed by atoms with Crippen molar-refractivity contribution in [1.29, 1.82) is 0 Å². The zero-order valence-corrected chi connectivity index (χ0v) is 16.3. The third kappa shape index (κ3) is 4.73. The Bertz CT molecular complexity index is 739. The van der Waals surface area contributed by atoms with Crippen molar-refractivity contribution < 1.29 is 22.3 Å². The Morgan fingerprint density at radius 1 is 1.46 bits per heavy atom. The molecule has 1 N–H and O–H groups in total. The van der Waals surface area contributed by atoms with Gasteiger partial charge in [-0.2, -0.15) is 4.31 Å². The Hall–Kier alpha value is -1.67. The molecule has 0 unspecified atom stereocenters. The predicted molar refractivity (Wildman–Crippen MR) is 96.9 cm³/mol. The summed E-state index contributed by atoms with van der Waals surface area (Å²) in [4.78, 5) is 12.2. The molecular formula is C18H27FN2O4S. The van der Waals surface area contributed by atoms with E-state index in [4.69, 9.17) is 4.74 Å². The monoisotopic (exact) mass is 386 g/mol. The summed E-state index contributed by atoms with van der Waals surface area (Å²) >= 11 is 0. The minimum Gasteiger partial charge on any atom is -0.495 e. The third-order valence-corrected chi connectivity index (χ3v) is 6.50. The summed E-state index contributed by atoms with van der Waals surface area (Å²) in [6.45, 7) is 4.38. The van der Waals surface area contributed by atoms with Crippen LogP contribution in [0.15, 0.2) is 23.1 Å². The number of hydrogen-bond acceptors (Lipinski definition) is 4. The fraction of sp³-hybridized carbons (Fsp3) is 0.611. The number of sulfonamides is 1. The molecule has 0 aromatic heterocycles. The molecule has 0 aliphatic carbocycles. The lowest BCUT2D eigenvalue weighted by atomic mass is 9.98. The molecular weight excluding hydrogens is 359 g/mol. The molecule has 0 bridgehead atoms. The first-order valence-electron chi connectivity index (χ1n) is 8.93. The summed E-state index contributed by atoms with van der Waals surface area (Å²) in [6, 6.07) is 3.46. The van der Waals surface area contributed by atoms with Gasteiger partial charge in [0.05, 0.1) is 13.0 Å². The first-order chi connectivity index (χ1) is 12.3. The van der Waals surface area contributed by atoms with Gasteiger partial charge in [-0.05, 0) is 44.4 Å². The SMILES string of the molecule is CCC[C@H](C)NC(=O)[C@H]1CCCN(S(=O)(=O)c2cc(F)ccc2OC)C1. The predicted octanol–water partition coefficient (Wildman–Crippen LogP) is 2.54. The molecule has 2 rings (SSSR count). The fourth-order valence-electron chi connectivity index (χ4n) is 3.23. The lowest BCUT2D eigenvalue weighted by Crippen LogP contribution is -2.47. The van der Waals surface area contributed by atoms with Gasteiger partial charge in [0.25, 0.3) is 0 Å². The van der Waals surface area contributed by atoms with Gasteiger partial charge in [-0.1, -0.05) is 13.3 Å². The van der Waals surface area contributed by atoms with Crippen LogP contribution in [0.1, 0.15) is 39.5 Å². The first kappa shape index (κ1) is 20.6. The van der Waals surface area contributed by atoms with Crippen LogP contribution in [0.25, 0.3) is 0 Å². The van der Waals surface area contributed by atoms with E-state index in [1.165, 1.54) is 17.5 Å². The number of benzene rings is 1. The van der Waals surface area contributed by atoms with E-state index in [1.807, 2.05) is 13.8 Å². The standard InChI is InChI=1S/C18H27FN2O4S/c1-4-6-13(2)20-18(22)14-7-5-10-21(12-14)26(23,24)17-11-15(19)8-9-16(17)25-3/h8-9,11,13-14H,4-7,10,12H2,1-3H3,(H,20,22)/t13-,14-/m0/s1. The lowest BCUT2D eigenvalue weighted by Gasteiger charge is -2.32. The highest BCUT2D eigenvalue weighted by atomic mass is 32.2. The second kappa shape index (κ2) is 8.81. The zero-order chi connectivity index (χ0) is 19.3. The molecule has 1 aliphatic heterocycles. The summed E-state index contributed by atoms with van der Waals surface area (Å²) in [7, 11) is -2.60. The molecule has 26 heavy (non-hydrogen) atoms. The van der Waals surface area contributed by atoms with Gasteiger partial charge in [0, 0.05) is 19.1 Å². The van der Waals surface area contributed by atoms with E-state index in [9.17, 15) is 17.6 Å². The normalized spacial score (nSPS) is 19.8. The smallest absolute Gasteiger partial charge is 0.246 e. The summed E-state index contributed by atoms with van der Waals surface area (Å²) in [5, 5.41) is 2.95. The molecule has 2 atom stereocenters. The molecule has 1 aromatic rings. The number of piperidine rings is 1. The van der Waals surface area contributed by atoms with Crippen molar-refractivity contribution in [2.75, 3.05) is 20.2 Å². The van der Waals surface area contributed by atoms with Gasteiger partial charge in [0.1, 0.15) is 16.5 Å². The maximum Gasteiger partial charge on any atom is 0.246 e. The Morgan fingerprint density at radius 2 is 2.19 bits per heavy atom. The van der Waals surface area contributed by atoms with Crippen LogP contribution in [-0.2, 0) is 14.8 Å². The quantitative estimate of drug-likeness (QED) is 0.781. The van der Waals surface area contributed by atoms with Crippen molar-refractivity contribution in [1.82, 2.24) is 9.62 Å². The molecule has 1 amide bonds. The topological polar surface area (TPSA) is 75.7 Å². The Morgan fingerprint density at radius 3 is 2.85 bits per heavy atom. The highest BCUT2D eigenvalue weighted by Gasteiger charge is 2.35. The minimum atomic E-state index is -3.94. The van der Waals surface area contributed by atoms with E-state index in [1.54, 1.807) is 0 Å². The van der Waals surface area contributed by atoms with Crippen LogP contribution in [0.2, 0.25) is 0 Å². The number of nitrogens with one attached hydrogen (secondary N) is 1. The number of carbonyl (C=O) groups excluding carboxylic acids is 1. The zero-order valence-electron chi connectivity index (χ0n) is 15.5. The van der Waals surface area contributed by atoms with Gasteiger partial charge in [0.2, 0.25) is 15.9 Å². The summed E-state index contributed by atoms with van der Waals surface area (Å²) in [5.41, 5.74) is 0. The van der Waals surface area contributed by atoms with Gasteiger partial charge < -0.3 is 10.1 Å². The number of ether oxygens (including phenoxy) is 1. The van der Waals surface area contributed by atoms with Crippen LogP contribution in [0, 0.1) is 11.7 Å². The second-order valence-corrected chi connectivity index (χ2v) is 8.60. The maximum atomic E-state index is 13.6. The molecule has 1 aliphatic rings. The molecule has 0 saturated carbocycles. The van der Waals surface area contributed by atoms with Crippen molar-refractivity contribution in [2.24, 2.45) is 5.92 Å². The lowest BCUT2D eigenvalue weighted by molar-refractivity contribution is -0.126. The number of amides is 1. The number of nitrogens with zero attached hydrogens (tertiary/aromatic N) is 1. The van der Waals surface area contributed by atoms with Gasteiger partial charge in [-0.15, -0.1) is 0 Å². The van der Waals surface area contributed by atoms with Crippen LogP contribution < -0.4 is 10.1 Å². The van der Waals surface area contributed by atoms with E-state index in [2.05, 4.69) is 5.32 Å². The van der Waals surface area contributed by atoms with Gasteiger partial charge >= 0.3 is 0 Å². The van der Waals surface area contributed by atoms with Crippen molar-refractivity contribution in [3.05, 3.63) is 24.0 Å². The first-order valence-corrected chi connectivity index (χ1v) is 10.4. The maximum absolute atomic E-state index is 13.6. The Labute approximate surface area is 154 Å². The molecule has 0 radical (unpaired) electrons. The number of methoxy groups -OCH3 is 1. The highest BCUT2D eigenvalue weighted by Crippen LogP contribution is 2.30. The second-order valence-electron chi connectivity index (χ2n) is 6.70. The fourth-order valence-corrected chi connectivity index (χ4v) is 4.92. The molecule has 1 aromatic carbocycles.